The minimum atomic E-state index is -0.414. The Morgan fingerprint density at radius 2 is 1.76 bits per heavy atom. The van der Waals surface area contributed by atoms with Gasteiger partial charge in [0.15, 0.2) is 0 Å². The molecule has 10 heteroatoms. The molecular formula is C23H28Br3N3O4. The second-order valence-corrected chi connectivity index (χ2v) is 10.2. The van der Waals surface area contributed by atoms with Crippen molar-refractivity contribution in [3.8, 4) is 11.5 Å². The highest BCUT2D eigenvalue weighted by Gasteiger charge is 2.15. The summed E-state index contributed by atoms with van der Waals surface area (Å²) in [6.45, 7) is 1.98. The molecule has 0 aliphatic carbocycles. The van der Waals surface area contributed by atoms with Crippen molar-refractivity contribution in [1.82, 2.24) is 10.2 Å². The number of halogens is 3. The van der Waals surface area contributed by atoms with Crippen molar-refractivity contribution in [2.75, 3.05) is 40.9 Å². The van der Waals surface area contributed by atoms with E-state index in [1.807, 2.05) is 38.4 Å². The van der Waals surface area contributed by atoms with Gasteiger partial charge < -0.3 is 24.9 Å². The topological polar surface area (TPSA) is 83.4 Å². The summed E-state index contributed by atoms with van der Waals surface area (Å²) in [5.41, 5.74) is 1.88. The van der Waals surface area contributed by atoms with Crippen molar-refractivity contribution >= 4 is 59.4 Å². The van der Waals surface area contributed by atoms with Crippen molar-refractivity contribution in [2.24, 2.45) is 5.16 Å². The first-order chi connectivity index (χ1) is 15.7. The standard InChI is InChI=1S/C23H28Br3N3O4/c1-29(2)9-4-10-33-22-18(25)12-16(13-19(22)26)7-8-27-23(30)20(28-31)14-15-5-6-21(32-3)17(24)11-15/h5-6,11-13,31H,4,7-10,14H2,1-3H3,(H,27,30). The maximum atomic E-state index is 12.5. The van der Waals surface area contributed by atoms with Gasteiger partial charge in [-0.05, 0) is 110 Å². The number of nitrogens with one attached hydrogen (secondary N) is 1. The molecule has 0 aromatic heterocycles. The Hall–Kier alpha value is -1.62. The van der Waals surface area contributed by atoms with Gasteiger partial charge >= 0.3 is 0 Å². The Bertz CT molecular complexity index is 960. The summed E-state index contributed by atoms with van der Waals surface area (Å²) in [5.74, 6) is 1.04. The molecule has 33 heavy (non-hydrogen) atoms. The largest absolute Gasteiger partial charge is 0.496 e. The number of hydrogen-bond acceptors (Lipinski definition) is 6. The van der Waals surface area contributed by atoms with Crippen molar-refractivity contribution in [1.29, 1.82) is 0 Å². The summed E-state index contributed by atoms with van der Waals surface area (Å²) < 4.78 is 13.6. The number of carbonyl (C=O) groups excluding carboxylic acids is 1. The Kier molecular flexibility index (Phi) is 11.7. The van der Waals surface area contributed by atoms with Crippen LogP contribution >= 0.6 is 47.8 Å². The number of methoxy groups -OCH3 is 1. The molecule has 2 aromatic rings. The molecule has 0 saturated carbocycles. The van der Waals surface area contributed by atoms with E-state index < -0.39 is 5.91 Å². The van der Waals surface area contributed by atoms with Gasteiger partial charge in [0.05, 0.1) is 27.1 Å². The predicted octanol–water partition coefficient (Wildman–Crippen LogP) is 5.04. The Balaban J connectivity index is 1.89. The summed E-state index contributed by atoms with van der Waals surface area (Å²) in [5, 5.41) is 15.3. The minimum Gasteiger partial charge on any atom is -0.496 e. The van der Waals surface area contributed by atoms with E-state index in [0.717, 1.165) is 43.3 Å². The summed E-state index contributed by atoms with van der Waals surface area (Å²) >= 11 is 10.6. The fraction of sp³-hybridized carbons (Fsp3) is 0.391. The minimum absolute atomic E-state index is 0.0379. The number of amides is 1. The molecule has 0 aliphatic rings. The Morgan fingerprint density at radius 3 is 2.33 bits per heavy atom. The molecule has 2 rings (SSSR count). The van der Waals surface area contributed by atoms with Crippen LogP contribution in [0.4, 0.5) is 0 Å². The average molecular weight is 650 g/mol. The summed E-state index contributed by atoms with van der Waals surface area (Å²) in [6.07, 6.45) is 1.74. The van der Waals surface area contributed by atoms with Crippen LogP contribution in [-0.4, -0.2) is 62.6 Å². The molecule has 0 spiro atoms. The predicted molar refractivity (Wildman–Crippen MR) is 141 cm³/mol. The number of hydrogen-bond donors (Lipinski definition) is 2. The first-order valence-corrected chi connectivity index (χ1v) is 12.7. The van der Waals surface area contributed by atoms with Crippen LogP contribution in [0.5, 0.6) is 11.5 Å². The van der Waals surface area contributed by atoms with Crippen LogP contribution in [0.25, 0.3) is 0 Å². The lowest BCUT2D eigenvalue weighted by Gasteiger charge is -2.14. The van der Waals surface area contributed by atoms with Gasteiger partial charge in [-0.25, -0.2) is 0 Å². The van der Waals surface area contributed by atoms with E-state index in [0.29, 0.717) is 25.3 Å². The van der Waals surface area contributed by atoms with E-state index in [1.54, 1.807) is 13.2 Å². The number of benzene rings is 2. The molecule has 180 valence electrons. The number of carbonyl (C=O) groups is 1. The van der Waals surface area contributed by atoms with E-state index >= 15 is 0 Å². The highest BCUT2D eigenvalue weighted by molar-refractivity contribution is 9.11. The second kappa shape index (κ2) is 13.9. The zero-order valence-corrected chi connectivity index (χ0v) is 23.6. The molecular weight excluding hydrogens is 622 g/mol. The van der Waals surface area contributed by atoms with E-state index in [1.165, 1.54) is 0 Å². The van der Waals surface area contributed by atoms with E-state index in [2.05, 4.69) is 63.2 Å². The zero-order chi connectivity index (χ0) is 24.4. The molecule has 0 heterocycles. The lowest BCUT2D eigenvalue weighted by Crippen LogP contribution is -2.33. The molecule has 1 amide bonds. The van der Waals surface area contributed by atoms with Crippen LogP contribution in [0.3, 0.4) is 0 Å². The van der Waals surface area contributed by atoms with Gasteiger partial charge in [-0.1, -0.05) is 11.2 Å². The first kappa shape index (κ1) is 27.6. The number of nitrogens with zero attached hydrogens (tertiary/aromatic N) is 2. The maximum Gasteiger partial charge on any atom is 0.269 e. The lowest BCUT2D eigenvalue weighted by atomic mass is 10.1. The van der Waals surface area contributed by atoms with Gasteiger partial charge in [0.2, 0.25) is 0 Å². The van der Waals surface area contributed by atoms with E-state index in [9.17, 15) is 10.0 Å². The average Bonchev–Trinajstić information content (AvgIpc) is 2.76. The Labute approximate surface area is 219 Å². The van der Waals surface area contributed by atoms with Gasteiger partial charge in [0.25, 0.3) is 5.91 Å². The summed E-state index contributed by atoms with van der Waals surface area (Å²) in [6, 6.07) is 9.40. The van der Waals surface area contributed by atoms with Gasteiger partial charge in [-0.15, -0.1) is 0 Å². The van der Waals surface area contributed by atoms with Crippen LogP contribution < -0.4 is 14.8 Å². The highest BCUT2D eigenvalue weighted by atomic mass is 79.9. The van der Waals surface area contributed by atoms with Crippen LogP contribution in [0, 0.1) is 0 Å². The fourth-order valence-corrected chi connectivity index (χ4v) is 5.14. The third-order valence-corrected chi connectivity index (χ3v) is 6.52. The molecule has 0 unspecified atom stereocenters. The van der Waals surface area contributed by atoms with Crippen LogP contribution in [0.2, 0.25) is 0 Å². The Morgan fingerprint density at radius 1 is 1.09 bits per heavy atom. The van der Waals surface area contributed by atoms with Crippen molar-refractivity contribution in [3.63, 3.8) is 0 Å². The highest BCUT2D eigenvalue weighted by Crippen LogP contribution is 2.35. The molecule has 0 bridgehead atoms. The van der Waals surface area contributed by atoms with Crippen LogP contribution in [0.15, 0.2) is 48.9 Å². The van der Waals surface area contributed by atoms with E-state index in [4.69, 9.17) is 9.47 Å². The monoisotopic (exact) mass is 647 g/mol. The number of oxime groups is 1. The van der Waals surface area contributed by atoms with Gasteiger partial charge in [-0.3, -0.25) is 4.79 Å². The van der Waals surface area contributed by atoms with Crippen molar-refractivity contribution in [2.45, 2.75) is 19.3 Å². The summed E-state index contributed by atoms with van der Waals surface area (Å²) in [7, 11) is 5.65. The summed E-state index contributed by atoms with van der Waals surface area (Å²) in [4.78, 5) is 14.6. The molecule has 2 N–H and O–H groups in total. The number of rotatable bonds is 12. The second-order valence-electron chi connectivity index (χ2n) is 7.59. The fourth-order valence-electron chi connectivity index (χ4n) is 3.05. The van der Waals surface area contributed by atoms with E-state index in [-0.39, 0.29) is 12.1 Å². The van der Waals surface area contributed by atoms with Crippen molar-refractivity contribution < 1.29 is 19.5 Å². The molecule has 2 aromatic carbocycles. The normalized spacial score (nSPS) is 11.5. The SMILES string of the molecule is COc1ccc(CC(=NO)C(=O)NCCc2cc(Br)c(OCCCN(C)C)c(Br)c2)cc1Br. The van der Waals surface area contributed by atoms with Crippen LogP contribution in [0.1, 0.15) is 17.5 Å². The molecule has 0 fully saturated rings. The van der Waals surface area contributed by atoms with Gasteiger partial charge in [0, 0.05) is 19.5 Å². The third-order valence-electron chi connectivity index (χ3n) is 4.72. The van der Waals surface area contributed by atoms with Crippen LogP contribution in [-0.2, 0) is 17.6 Å². The lowest BCUT2D eigenvalue weighted by molar-refractivity contribution is -0.115. The zero-order valence-electron chi connectivity index (χ0n) is 18.8. The maximum absolute atomic E-state index is 12.5. The quantitative estimate of drug-likeness (QED) is 0.146. The smallest absolute Gasteiger partial charge is 0.269 e. The third kappa shape index (κ3) is 8.92. The molecule has 0 saturated heterocycles. The molecule has 0 radical (unpaired) electrons. The number of ether oxygens (including phenoxy) is 2. The van der Waals surface area contributed by atoms with Gasteiger partial charge in [0.1, 0.15) is 17.2 Å². The molecule has 7 nitrogen and oxygen atoms in total. The molecule has 0 aliphatic heterocycles. The first-order valence-electron chi connectivity index (χ1n) is 10.3. The van der Waals surface area contributed by atoms with Crippen molar-refractivity contribution in [3.05, 3.63) is 54.9 Å². The van der Waals surface area contributed by atoms with Gasteiger partial charge in [-0.2, -0.15) is 0 Å². The molecule has 0 atom stereocenters.